The highest BCUT2D eigenvalue weighted by Gasteiger charge is 2.34. The third-order valence-electron chi connectivity index (χ3n) is 2.34. The van der Waals surface area contributed by atoms with Gasteiger partial charge in [-0.3, -0.25) is 0 Å². The molecule has 5 nitrogen and oxygen atoms in total. The first-order chi connectivity index (χ1) is 8.41. The second-order valence-corrected chi connectivity index (χ2v) is 3.75. The Kier molecular flexibility index (Phi) is 3.04. The summed E-state index contributed by atoms with van der Waals surface area (Å²) in [6, 6.07) is 4.49. The van der Waals surface area contributed by atoms with Gasteiger partial charge in [-0.2, -0.15) is 17.9 Å². The van der Waals surface area contributed by atoms with Gasteiger partial charge in [-0.25, -0.2) is 0 Å². The van der Waals surface area contributed by atoms with Crippen molar-refractivity contribution in [2.24, 2.45) is 5.73 Å². The lowest BCUT2D eigenvalue weighted by Crippen LogP contribution is -2.17. The molecule has 2 aromatic rings. The molecule has 0 spiro atoms. The van der Waals surface area contributed by atoms with E-state index in [1.54, 1.807) is 6.92 Å². The molecule has 1 aromatic carbocycles. The Morgan fingerprint density at radius 2 is 1.94 bits per heavy atom. The van der Waals surface area contributed by atoms with Gasteiger partial charge in [0.05, 0.1) is 17.3 Å². The minimum atomic E-state index is -4.47. The molecule has 0 bridgehead atoms. The van der Waals surface area contributed by atoms with E-state index in [0.29, 0.717) is 0 Å². The number of benzene rings is 1. The Bertz CT molecular complexity index is 546. The van der Waals surface area contributed by atoms with E-state index >= 15 is 0 Å². The van der Waals surface area contributed by atoms with Gasteiger partial charge >= 0.3 is 6.18 Å². The highest BCUT2D eigenvalue weighted by Crippen LogP contribution is 2.33. The minimum absolute atomic E-state index is 0.137. The molecule has 8 heteroatoms. The average molecular weight is 257 g/mol. The van der Waals surface area contributed by atoms with Crippen molar-refractivity contribution in [1.82, 2.24) is 20.2 Å². The molecule has 1 aromatic heterocycles. The highest BCUT2D eigenvalue weighted by molar-refractivity contribution is 5.42. The Labute approximate surface area is 100 Å². The molecular formula is C10H10F3N5. The summed E-state index contributed by atoms with van der Waals surface area (Å²) in [7, 11) is 0. The van der Waals surface area contributed by atoms with E-state index in [1.165, 1.54) is 18.2 Å². The van der Waals surface area contributed by atoms with Crippen LogP contribution in [0.5, 0.6) is 0 Å². The number of nitrogens with two attached hydrogens (primary N) is 1. The minimum Gasteiger partial charge on any atom is -0.321 e. The van der Waals surface area contributed by atoms with Gasteiger partial charge in [0, 0.05) is 0 Å². The second-order valence-electron chi connectivity index (χ2n) is 3.75. The molecule has 1 unspecified atom stereocenters. The number of aromatic nitrogens is 4. The van der Waals surface area contributed by atoms with Crippen LogP contribution in [-0.2, 0) is 6.18 Å². The predicted octanol–water partition coefficient (Wildman–Crippen LogP) is 1.70. The normalized spacial score (nSPS) is 13.6. The molecule has 96 valence electrons. The Hall–Kier alpha value is -1.96. The van der Waals surface area contributed by atoms with Crippen LogP contribution >= 0.6 is 0 Å². The molecule has 0 aliphatic rings. The number of para-hydroxylation sites is 1. The molecule has 0 saturated carbocycles. The molecular weight excluding hydrogens is 247 g/mol. The van der Waals surface area contributed by atoms with Crippen LogP contribution in [0.1, 0.15) is 24.4 Å². The first-order valence-electron chi connectivity index (χ1n) is 5.11. The van der Waals surface area contributed by atoms with Crippen LogP contribution in [0.2, 0.25) is 0 Å². The number of hydrogen-bond donors (Lipinski definition) is 1. The van der Waals surface area contributed by atoms with Gasteiger partial charge in [-0.1, -0.05) is 12.1 Å². The molecule has 1 heterocycles. The maximum absolute atomic E-state index is 12.9. The zero-order chi connectivity index (χ0) is 13.3. The number of halogens is 3. The monoisotopic (exact) mass is 257 g/mol. The molecule has 0 radical (unpaired) electrons. The van der Waals surface area contributed by atoms with Gasteiger partial charge < -0.3 is 5.73 Å². The molecule has 0 fully saturated rings. The van der Waals surface area contributed by atoms with Crippen molar-refractivity contribution < 1.29 is 13.2 Å². The van der Waals surface area contributed by atoms with Crippen LogP contribution in [0.15, 0.2) is 24.3 Å². The van der Waals surface area contributed by atoms with Crippen LogP contribution < -0.4 is 5.73 Å². The SMILES string of the molecule is CC(N)c1nnnn1-c1ccccc1C(F)(F)F. The van der Waals surface area contributed by atoms with Crippen LogP contribution in [-0.4, -0.2) is 20.2 Å². The quantitative estimate of drug-likeness (QED) is 0.889. The fourth-order valence-electron chi connectivity index (χ4n) is 1.55. The predicted molar refractivity (Wildman–Crippen MR) is 56.8 cm³/mol. The van der Waals surface area contributed by atoms with Crippen LogP contribution in [0, 0.1) is 0 Å². The lowest BCUT2D eigenvalue weighted by molar-refractivity contribution is -0.137. The highest BCUT2D eigenvalue weighted by atomic mass is 19.4. The molecule has 0 aliphatic carbocycles. The number of hydrogen-bond acceptors (Lipinski definition) is 4. The molecule has 18 heavy (non-hydrogen) atoms. The van der Waals surface area contributed by atoms with E-state index in [9.17, 15) is 13.2 Å². The number of tetrazole rings is 1. The number of nitrogens with zero attached hydrogens (tertiary/aromatic N) is 4. The first-order valence-corrected chi connectivity index (χ1v) is 5.11. The van der Waals surface area contributed by atoms with E-state index in [-0.39, 0.29) is 11.5 Å². The fraction of sp³-hybridized carbons (Fsp3) is 0.300. The van der Waals surface area contributed by atoms with Crippen LogP contribution in [0.3, 0.4) is 0 Å². The summed E-state index contributed by atoms with van der Waals surface area (Å²) >= 11 is 0. The van der Waals surface area contributed by atoms with E-state index in [1.807, 2.05) is 0 Å². The lowest BCUT2D eigenvalue weighted by Gasteiger charge is -2.13. The topological polar surface area (TPSA) is 69.6 Å². The molecule has 0 aliphatic heterocycles. The Morgan fingerprint density at radius 1 is 1.28 bits per heavy atom. The summed E-state index contributed by atoms with van der Waals surface area (Å²) in [6.07, 6.45) is -4.47. The second kappa shape index (κ2) is 4.37. The third kappa shape index (κ3) is 2.19. The number of alkyl halides is 3. The van der Waals surface area contributed by atoms with Crippen molar-refractivity contribution >= 4 is 0 Å². The van der Waals surface area contributed by atoms with Gasteiger partial charge in [0.15, 0.2) is 5.82 Å². The third-order valence-corrected chi connectivity index (χ3v) is 2.34. The summed E-state index contributed by atoms with van der Waals surface area (Å²) in [6.45, 7) is 1.60. The van der Waals surface area contributed by atoms with Crippen molar-refractivity contribution in [3.63, 3.8) is 0 Å². The van der Waals surface area contributed by atoms with E-state index < -0.39 is 17.8 Å². The van der Waals surface area contributed by atoms with Crippen molar-refractivity contribution in [2.75, 3.05) is 0 Å². The van der Waals surface area contributed by atoms with E-state index in [4.69, 9.17) is 5.73 Å². The van der Waals surface area contributed by atoms with Gasteiger partial charge in [-0.15, -0.1) is 5.10 Å². The summed E-state index contributed by atoms with van der Waals surface area (Å²) < 4.78 is 39.6. The largest absolute Gasteiger partial charge is 0.418 e. The van der Waals surface area contributed by atoms with Crippen molar-refractivity contribution in [3.05, 3.63) is 35.7 Å². The summed E-state index contributed by atoms with van der Waals surface area (Å²) in [5.74, 6) is 0.173. The smallest absolute Gasteiger partial charge is 0.321 e. The van der Waals surface area contributed by atoms with Crippen molar-refractivity contribution in [2.45, 2.75) is 19.1 Å². The van der Waals surface area contributed by atoms with E-state index in [0.717, 1.165) is 10.7 Å². The van der Waals surface area contributed by atoms with Crippen molar-refractivity contribution in [3.8, 4) is 5.69 Å². The van der Waals surface area contributed by atoms with Crippen LogP contribution in [0.25, 0.3) is 5.69 Å². The van der Waals surface area contributed by atoms with Crippen molar-refractivity contribution in [1.29, 1.82) is 0 Å². The Morgan fingerprint density at radius 3 is 2.56 bits per heavy atom. The van der Waals surface area contributed by atoms with Gasteiger partial charge in [-0.05, 0) is 29.5 Å². The molecule has 0 saturated heterocycles. The van der Waals surface area contributed by atoms with Gasteiger partial charge in [0.2, 0.25) is 0 Å². The molecule has 2 rings (SSSR count). The van der Waals surface area contributed by atoms with Gasteiger partial charge in [0.1, 0.15) is 0 Å². The number of rotatable bonds is 2. The van der Waals surface area contributed by atoms with E-state index in [2.05, 4.69) is 15.5 Å². The summed E-state index contributed by atoms with van der Waals surface area (Å²) in [5.41, 5.74) is 4.67. The van der Waals surface area contributed by atoms with Gasteiger partial charge in [0.25, 0.3) is 0 Å². The maximum Gasteiger partial charge on any atom is 0.418 e. The zero-order valence-corrected chi connectivity index (χ0v) is 9.39. The maximum atomic E-state index is 12.9. The molecule has 2 N–H and O–H groups in total. The molecule has 0 amide bonds. The standard InChI is InChI=1S/C10H10F3N5/c1-6(14)9-15-16-17-18(9)8-5-3-2-4-7(8)10(11,12)13/h2-6H,14H2,1H3. The zero-order valence-electron chi connectivity index (χ0n) is 9.39. The molecule has 1 atom stereocenters. The average Bonchev–Trinajstić information content (AvgIpc) is 2.76. The summed E-state index contributed by atoms with van der Waals surface area (Å²) in [4.78, 5) is 0. The Balaban J connectivity index is 2.61. The fourth-order valence-corrected chi connectivity index (χ4v) is 1.55. The first kappa shape index (κ1) is 12.5. The summed E-state index contributed by atoms with van der Waals surface area (Å²) in [5, 5.41) is 10.5. The lowest BCUT2D eigenvalue weighted by atomic mass is 10.1. The van der Waals surface area contributed by atoms with Crippen LogP contribution in [0.4, 0.5) is 13.2 Å².